The second-order valence-corrected chi connectivity index (χ2v) is 6.57. The Kier molecular flexibility index (Phi) is 5.54. The Labute approximate surface area is 103 Å². The van der Waals surface area contributed by atoms with Gasteiger partial charge in [-0.2, -0.15) is 0 Å². The molecule has 0 radical (unpaired) electrons. The minimum absolute atomic E-state index is 0.290. The number of hydrogen-bond acceptors (Lipinski definition) is 3. The van der Waals surface area contributed by atoms with Crippen LogP contribution in [0.2, 0.25) is 0 Å². The molecule has 2 N–H and O–H groups in total. The summed E-state index contributed by atoms with van der Waals surface area (Å²) in [5.41, 5.74) is -2.12. The van der Waals surface area contributed by atoms with E-state index in [4.69, 9.17) is 9.79 Å². The maximum Gasteiger partial charge on any atom is 0.470 e. The molecule has 0 unspecified atom stereocenters. The smallest absolute Gasteiger partial charge is 0.303 e. The topological polar surface area (TPSA) is 83.8 Å². The van der Waals surface area contributed by atoms with E-state index in [1.54, 1.807) is 13.8 Å². The standard InChI is InChI=1S/C11H23O5P/c1-6-7-8-10(2,3)9(12)11(4,5)16-17(13,14)15/h6-8H2,1-5H3,(H2,13,14,15). The summed E-state index contributed by atoms with van der Waals surface area (Å²) in [6, 6.07) is 0. The zero-order chi connectivity index (χ0) is 13.9. The van der Waals surface area contributed by atoms with Crippen LogP contribution in [-0.4, -0.2) is 21.2 Å². The van der Waals surface area contributed by atoms with E-state index >= 15 is 0 Å². The molecule has 17 heavy (non-hydrogen) atoms. The molecule has 0 aromatic carbocycles. The fraction of sp³-hybridized carbons (Fsp3) is 0.909. The third kappa shape index (κ3) is 5.77. The van der Waals surface area contributed by atoms with E-state index in [0.29, 0.717) is 6.42 Å². The summed E-state index contributed by atoms with van der Waals surface area (Å²) in [5, 5.41) is 0. The Morgan fingerprint density at radius 3 is 2.06 bits per heavy atom. The predicted molar refractivity (Wildman–Crippen MR) is 65.5 cm³/mol. The van der Waals surface area contributed by atoms with Crippen molar-refractivity contribution in [1.82, 2.24) is 0 Å². The number of Topliss-reactive ketones (excluding diaryl/α,β-unsaturated/α-hetero) is 1. The van der Waals surface area contributed by atoms with E-state index in [1.165, 1.54) is 13.8 Å². The van der Waals surface area contributed by atoms with Gasteiger partial charge < -0.3 is 9.79 Å². The highest BCUT2D eigenvalue weighted by Gasteiger charge is 2.43. The molecule has 0 atom stereocenters. The van der Waals surface area contributed by atoms with Crippen LogP contribution in [0.25, 0.3) is 0 Å². The summed E-state index contributed by atoms with van der Waals surface area (Å²) in [5.74, 6) is -0.290. The largest absolute Gasteiger partial charge is 0.470 e. The molecule has 0 spiro atoms. The van der Waals surface area contributed by atoms with Gasteiger partial charge in [-0.1, -0.05) is 33.6 Å². The van der Waals surface area contributed by atoms with Crippen LogP contribution in [0.3, 0.4) is 0 Å². The van der Waals surface area contributed by atoms with Crippen molar-refractivity contribution >= 4 is 13.6 Å². The van der Waals surface area contributed by atoms with Gasteiger partial charge in [-0.15, -0.1) is 0 Å². The highest BCUT2D eigenvalue weighted by molar-refractivity contribution is 7.46. The average molecular weight is 266 g/mol. The number of phosphoric acid groups is 1. The highest BCUT2D eigenvalue weighted by Crippen LogP contribution is 2.44. The number of hydrogen-bond donors (Lipinski definition) is 2. The molecule has 0 fully saturated rings. The van der Waals surface area contributed by atoms with Crippen molar-refractivity contribution < 1.29 is 23.7 Å². The molecular weight excluding hydrogens is 243 g/mol. The maximum atomic E-state index is 12.2. The average Bonchev–Trinajstić information content (AvgIpc) is 2.09. The third-order valence-electron chi connectivity index (χ3n) is 2.66. The first-order valence-corrected chi connectivity index (χ1v) is 7.26. The first-order valence-electron chi connectivity index (χ1n) is 5.73. The van der Waals surface area contributed by atoms with Gasteiger partial charge in [0, 0.05) is 5.41 Å². The van der Waals surface area contributed by atoms with Crippen LogP contribution in [0.15, 0.2) is 0 Å². The second-order valence-electron chi connectivity index (χ2n) is 5.41. The number of rotatable bonds is 7. The molecule has 0 aromatic heterocycles. The molecule has 0 rings (SSSR count). The minimum Gasteiger partial charge on any atom is -0.303 e. The number of carbonyl (C=O) groups is 1. The van der Waals surface area contributed by atoms with Crippen molar-refractivity contribution in [1.29, 1.82) is 0 Å². The highest BCUT2D eigenvalue weighted by atomic mass is 31.2. The van der Waals surface area contributed by atoms with E-state index in [-0.39, 0.29) is 5.78 Å². The maximum absolute atomic E-state index is 12.2. The Hall–Kier alpha value is -0.220. The van der Waals surface area contributed by atoms with E-state index in [2.05, 4.69) is 4.52 Å². The van der Waals surface area contributed by atoms with Gasteiger partial charge in [0.15, 0.2) is 5.78 Å². The molecule has 0 aliphatic carbocycles. The SMILES string of the molecule is CCCCC(C)(C)C(=O)C(C)(C)OP(=O)(O)O. The lowest BCUT2D eigenvalue weighted by molar-refractivity contribution is -0.142. The molecule has 0 aromatic rings. The van der Waals surface area contributed by atoms with Gasteiger partial charge in [0.2, 0.25) is 0 Å². The fourth-order valence-corrected chi connectivity index (χ4v) is 2.56. The fourth-order valence-electron chi connectivity index (χ4n) is 1.89. The van der Waals surface area contributed by atoms with Gasteiger partial charge in [-0.05, 0) is 20.3 Å². The summed E-state index contributed by atoms with van der Waals surface area (Å²) in [7, 11) is -4.66. The number of unbranched alkanes of at least 4 members (excludes halogenated alkanes) is 1. The van der Waals surface area contributed by atoms with Crippen molar-refractivity contribution in [2.45, 2.75) is 59.5 Å². The monoisotopic (exact) mass is 266 g/mol. The Morgan fingerprint density at radius 2 is 1.71 bits per heavy atom. The molecule has 0 amide bonds. The van der Waals surface area contributed by atoms with E-state index in [0.717, 1.165) is 12.8 Å². The van der Waals surface area contributed by atoms with Crippen molar-refractivity contribution in [3.63, 3.8) is 0 Å². The van der Waals surface area contributed by atoms with Crippen LogP contribution in [-0.2, 0) is 13.9 Å². The van der Waals surface area contributed by atoms with E-state index < -0.39 is 18.8 Å². The van der Waals surface area contributed by atoms with Crippen molar-refractivity contribution in [3.05, 3.63) is 0 Å². The van der Waals surface area contributed by atoms with Gasteiger partial charge in [0.25, 0.3) is 0 Å². The summed E-state index contributed by atoms with van der Waals surface area (Å²) in [6.07, 6.45) is 2.54. The zero-order valence-electron chi connectivity index (χ0n) is 11.2. The lowest BCUT2D eigenvalue weighted by Crippen LogP contribution is -2.43. The summed E-state index contributed by atoms with van der Waals surface area (Å²) < 4.78 is 15.4. The van der Waals surface area contributed by atoms with Crippen LogP contribution >= 0.6 is 7.82 Å². The molecule has 0 aliphatic heterocycles. The van der Waals surface area contributed by atoms with Crippen molar-refractivity contribution in [2.75, 3.05) is 0 Å². The van der Waals surface area contributed by atoms with Gasteiger partial charge in [0.05, 0.1) is 0 Å². The van der Waals surface area contributed by atoms with Gasteiger partial charge >= 0.3 is 7.82 Å². The van der Waals surface area contributed by atoms with Crippen LogP contribution in [0.4, 0.5) is 0 Å². The Morgan fingerprint density at radius 1 is 1.24 bits per heavy atom. The predicted octanol–water partition coefficient (Wildman–Crippen LogP) is 2.66. The van der Waals surface area contributed by atoms with Crippen molar-refractivity contribution in [2.24, 2.45) is 5.41 Å². The minimum atomic E-state index is -4.66. The van der Waals surface area contributed by atoms with Gasteiger partial charge in [-0.3, -0.25) is 9.32 Å². The van der Waals surface area contributed by atoms with Crippen LogP contribution in [0, 0.1) is 5.41 Å². The summed E-state index contributed by atoms with van der Waals surface area (Å²) >= 11 is 0. The number of ketones is 1. The second kappa shape index (κ2) is 5.61. The Bertz CT molecular complexity index is 316. The molecule has 0 aliphatic rings. The number of phosphoric ester groups is 1. The first kappa shape index (κ1) is 16.8. The quantitative estimate of drug-likeness (QED) is 0.692. The molecule has 6 heteroatoms. The van der Waals surface area contributed by atoms with Crippen LogP contribution < -0.4 is 0 Å². The molecule has 0 saturated heterocycles. The normalized spacial score (nSPS) is 13.8. The van der Waals surface area contributed by atoms with Crippen molar-refractivity contribution in [3.8, 4) is 0 Å². The zero-order valence-corrected chi connectivity index (χ0v) is 12.1. The summed E-state index contributed by atoms with van der Waals surface area (Å²) in [6.45, 7) is 8.35. The third-order valence-corrected chi connectivity index (χ3v) is 3.36. The van der Waals surface area contributed by atoms with Gasteiger partial charge in [-0.25, -0.2) is 4.57 Å². The van der Waals surface area contributed by atoms with Gasteiger partial charge in [0.1, 0.15) is 5.60 Å². The van der Waals surface area contributed by atoms with E-state index in [1.807, 2.05) is 6.92 Å². The lowest BCUT2D eigenvalue weighted by atomic mass is 9.77. The lowest BCUT2D eigenvalue weighted by Gasteiger charge is -2.33. The molecule has 0 bridgehead atoms. The molecule has 0 heterocycles. The molecule has 0 saturated carbocycles. The van der Waals surface area contributed by atoms with Crippen LogP contribution in [0.1, 0.15) is 53.9 Å². The molecule has 102 valence electrons. The Balaban J connectivity index is 4.83. The van der Waals surface area contributed by atoms with E-state index in [9.17, 15) is 9.36 Å². The summed E-state index contributed by atoms with van der Waals surface area (Å²) in [4.78, 5) is 29.8. The number of carbonyl (C=O) groups excluding carboxylic acids is 1. The first-order chi connectivity index (χ1) is 7.42. The van der Waals surface area contributed by atoms with Crippen LogP contribution in [0.5, 0.6) is 0 Å². The molecule has 5 nitrogen and oxygen atoms in total. The molecular formula is C11H23O5P.